The van der Waals surface area contributed by atoms with Crippen LogP contribution in [-0.2, 0) is 19.8 Å². The summed E-state index contributed by atoms with van der Waals surface area (Å²) in [6, 6.07) is 4.91. The largest absolute Gasteiger partial charge is 0.393 e. The first-order chi connectivity index (χ1) is 7.69. The van der Waals surface area contributed by atoms with Crippen molar-refractivity contribution in [2.75, 3.05) is 0 Å². The summed E-state index contributed by atoms with van der Waals surface area (Å²) in [5.41, 5.74) is 1.77. The second-order valence-electron chi connectivity index (χ2n) is 4.07. The minimum atomic E-state index is -0.593. The standard InChI is InChI=1S/C13H18F2O/c1-2-3-13(16)7-10-4-11(8-14)6-12(5-10)9-15/h4-6,13,16H,2-3,7-9H2,1H3/t13-/m0/s1. The predicted octanol–water partition coefficient (Wildman–Crippen LogP) is 3.33. The lowest BCUT2D eigenvalue weighted by Crippen LogP contribution is -2.10. The summed E-state index contributed by atoms with van der Waals surface area (Å²) >= 11 is 0. The Kier molecular flexibility index (Phi) is 5.39. The van der Waals surface area contributed by atoms with Crippen molar-refractivity contribution >= 4 is 0 Å². The van der Waals surface area contributed by atoms with Crippen LogP contribution in [0.2, 0.25) is 0 Å². The van der Waals surface area contributed by atoms with E-state index in [0.717, 1.165) is 12.0 Å². The number of rotatable bonds is 6. The maximum absolute atomic E-state index is 12.5. The van der Waals surface area contributed by atoms with E-state index in [2.05, 4.69) is 0 Å². The molecule has 1 atom stereocenters. The normalized spacial score (nSPS) is 12.8. The average molecular weight is 228 g/mol. The molecule has 0 fully saturated rings. The van der Waals surface area contributed by atoms with Crippen LogP contribution in [0.1, 0.15) is 36.5 Å². The zero-order valence-corrected chi connectivity index (χ0v) is 9.55. The Morgan fingerprint density at radius 1 is 1.06 bits per heavy atom. The molecule has 0 aliphatic heterocycles. The number of alkyl halides is 2. The van der Waals surface area contributed by atoms with E-state index in [4.69, 9.17) is 0 Å². The van der Waals surface area contributed by atoms with E-state index in [1.54, 1.807) is 12.1 Å². The molecule has 1 aromatic carbocycles. The van der Waals surface area contributed by atoms with Crippen LogP contribution in [0.5, 0.6) is 0 Å². The summed E-state index contributed by atoms with van der Waals surface area (Å²) in [5, 5.41) is 9.64. The van der Waals surface area contributed by atoms with Gasteiger partial charge in [-0.05, 0) is 29.5 Å². The Hall–Kier alpha value is -0.960. The third-order valence-corrected chi connectivity index (χ3v) is 2.51. The van der Waals surface area contributed by atoms with Gasteiger partial charge in [-0.1, -0.05) is 31.5 Å². The summed E-state index contributed by atoms with van der Waals surface area (Å²) in [4.78, 5) is 0. The molecule has 0 heterocycles. The highest BCUT2D eigenvalue weighted by atomic mass is 19.1. The molecule has 0 aliphatic rings. The van der Waals surface area contributed by atoms with Crippen molar-refractivity contribution in [3.05, 3.63) is 34.9 Å². The van der Waals surface area contributed by atoms with Gasteiger partial charge in [0.1, 0.15) is 13.3 Å². The first kappa shape index (κ1) is 13.1. The third-order valence-electron chi connectivity index (χ3n) is 2.51. The predicted molar refractivity (Wildman–Crippen MR) is 60.7 cm³/mol. The summed E-state index contributed by atoms with van der Waals surface area (Å²) in [7, 11) is 0. The lowest BCUT2D eigenvalue weighted by Gasteiger charge is -2.11. The minimum Gasteiger partial charge on any atom is -0.393 e. The summed E-state index contributed by atoms with van der Waals surface area (Å²) in [5.74, 6) is 0. The fourth-order valence-electron chi connectivity index (χ4n) is 1.82. The number of benzene rings is 1. The van der Waals surface area contributed by atoms with E-state index in [1.807, 2.05) is 6.92 Å². The van der Waals surface area contributed by atoms with Gasteiger partial charge < -0.3 is 5.11 Å². The van der Waals surface area contributed by atoms with Crippen molar-refractivity contribution in [3.63, 3.8) is 0 Å². The molecule has 1 aromatic rings. The van der Waals surface area contributed by atoms with Crippen LogP contribution in [-0.4, -0.2) is 11.2 Å². The van der Waals surface area contributed by atoms with Crippen LogP contribution < -0.4 is 0 Å². The molecule has 0 unspecified atom stereocenters. The zero-order valence-electron chi connectivity index (χ0n) is 9.55. The van der Waals surface area contributed by atoms with Crippen LogP contribution in [0.3, 0.4) is 0 Å². The molecule has 0 aliphatic carbocycles. The van der Waals surface area contributed by atoms with Crippen LogP contribution in [0, 0.1) is 0 Å². The lowest BCUT2D eigenvalue weighted by atomic mass is 10.0. The molecule has 0 bridgehead atoms. The van der Waals surface area contributed by atoms with Crippen molar-refractivity contribution in [2.45, 2.75) is 45.6 Å². The fourth-order valence-corrected chi connectivity index (χ4v) is 1.82. The van der Waals surface area contributed by atoms with Crippen molar-refractivity contribution in [2.24, 2.45) is 0 Å². The van der Waals surface area contributed by atoms with Crippen LogP contribution >= 0.6 is 0 Å². The molecule has 1 N–H and O–H groups in total. The first-order valence-corrected chi connectivity index (χ1v) is 5.61. The summed E-state index contributed by atoms with van der Waals surface area (Å²) < 4.78 is 25.0. The number of aliphatic hydroxyl groups is 1. The topological polar surface area (TPSA) is 20.2 Å². The van der Waals surface area contributed by atoms with Crippen molar-refractivity contribution in [3.8, 4) is 0 Å². The van der Waals surface area contributed by atoms with Crippen molar-refractivity contribution in [1.82, 2.24) is 0 Å². The molecule has 0 spiro atoms. The molecule has 3 heteroatoms. The molecule has 1 rings (SSSR count). The Balaban J connectivity index is 2.78. The molecule has 90 valence electrons. The van der Waals surface area contributed by atoms with Gasteiger partial charge in [0.2, 0.25) is 0 Å². The summed E-state index contributed by atoms with van der Waals surface area (Å²) in [6.45, 7) is 0.809. The van der Waals surface area contributed by atoms with E-state index in [0.29, 0.717) is 24.0 Å². The molecular formula is C13H18F2O. The Bertz CT molecular complexity index is 303. The molecule has 0 aromatic heterocycles. The van der Waals surface area contributed by atoms with E-state index in [-0.39, 0.29) is 0 Å². The van der Waals surface area contributed by atoms with Gasteiger partial charge in [-0.25, -0.2) is 8.78 Å². The number of aliphatic hydroxyl groups excluding tert-OH is 1. The highest BCUT2D eigenvalue weighted by Crippen LogP contribution is 2.15. The Morgan fingerprint density at radius 2 is 1.56 bits per heavy atom. The second-order valence-corrected chi connectivity index (χ2v) is 4.07. The van der Waals surface area contributed by atoms with E-state index in [1.165, 1.54) is 6.07 Å². The zero-order chi connectivity index (χ0) is 12.0. The Morgan fingerprint density at radius 3 is 2.00 bits per heavy atom. The third kappa shape index (κ3) is 3.89. The highest BCUT2D eigenvalue weighted by molar-refractivity contribution is 5.30. The van der Waals surface area contributed by atoms with E-state index >= 15 is 0 Å². The SMILES string of the molecule is CCC[C@H](O)Cc1cc(CF)cc(CF)c1. The van der Waals surface area contributed by atoms with Gasteiger partial charge in [-0.3, -0.25) is 0 Å². The number of hydrogen-bond acceptors (Lipinski definition) is 1. The van der Waals surface area contributed by atoms with Gasteiger partial charge in [0.15, 0.2) is 0 Å². The summed E-state index contributed by atoms with van der Waals surface area (Å²) in [6.07, 6.45) is 1.66. The van der Waals surface area contributed by atoms with E-state index < -0.39 is 19.5 Å². The van der Waals surface area contributed by atoms with Crippen LogP contribution in [0.4, 0.5) is 8.78 Å². The molecular weight excluding hydrogens is 210 g/mol. The number of hydrogen-bond donors (Lipinski definition) is 1. The van der Waals surface area contributed by atoms with E-state index in [9.17, 15) is 13.9 Å². The lowest BCUT2D eigenvalue weighted by molar-refractivity contribution is 0.164. The van der Waals surface area contributed by atoms with Gasteiger partial charge in [0.25, 0.3) is 0 Å². The first-order valence-electron chi connectivity index (χ1n) is 5.61. The quantitative estimate of drug-likeness (QED) is 0.791. The average Bonchev–Trinajstić information content (AvgIpc) is 2.28. The molecule has 0 radical (unpaired) electrons. The van der Waals surface area contributed by atoms with Gasteiger partial charge >= 0.3 is 0 Å². The minimum absolute atomic E-state index is 0.424. The monoisotopic (exact) mass is 228 g/mol. The second kappa shape index (κ2) is 6.59. The Labute approximate surface area is 95.1 Å². The van der Waals surface area contributed by atoms with Crippen molar-refractivity contribution < 1.29 is 13.9 Å². The van der Waals surface area contributed by atoms with Crippen molar-refractivity contribution in [1.29, 1.82) is 0 Å². The van der Waals surface area contributed by atoms with Gasteiger partial charge in [0.05, 0.1) is 6.10 Å². The fraction of sp³-hybridized carbons (Fsp3) is 0.538. The molecule has 0 saturated carbocycles. The number of halogens is 2. The molecule has 0 saturated heterocycles. The van der Waals surface area contributed by atoms with Gasteiger partial charge in [0, 0.05) is 0 Å². The maximum atomic E-state index is 12.5. The van der Waals surface area contributed by atoms with Gasteiger partial charge in [-0.15, -0.1) is 0 Å². The van der Waals surface area contributed by atoms with Crippen LogP contribution in [0.25, 0.3) is 0 Å². The molecule has 16 heavy (non-hydrogen) atoms. The van der Waals surface area contributed by atoms with Gasteiger partial charge in [-0.2, -0.15) is 0 Å². The molecule has 1 nitrogen and oxygen atoms in total. The molecule has 0 amide bonds. The smallest absolute Gasteiger partial charge is 0.115 e. The van der Waals surface area contributed by atoms with Crippen LogP contribution in [0.15, 0.2) is 18.2 Å². The maximum Gasteiger partial charge on any atom is 0.115 e. The highest BCUT2D eigenvalue weighted by Gasteiger charge is 2.07.